The lowest BCUT2D eigenvalue weighted by Gasteiger charge is -2.12. The van der Waals surface area contributed by atoms with Gasteiger partial charge in [-0.3, -0.25) is 9.59 Å². The van der Waals surface area contributed by atoms with E-state index in [1.54, 1.807) is 49.6 Å². The number of hydrazone groups is 1. The Morgan fingerprint density at radius 3 is 2.88 bits per heavy atom. The number of carbonyl (C=O) groups is 1. The lowest BCUT2D eigenvalue weighted by Crippen LogP contribution is -2.25. The van der Waals surface area contributed by atoms with E-state index in [9.17, 15) is 9.59 Å². The SMILES string of the molecule is COc1ccc2nc(N(/N=C/c3coc4ccccc4c3=O)C(=O)c3cccs3)sc2c1. The second-order valence-electron chi connectivity index (χ2n) is 6.69. The Morgan fingerprint density at radius 1 is 1.19 bits per heavy atom. The van der Waals surface area contributed by atoms with Gasteiger partial charge >= 0.3 is 0 Å². The number of carbonyl (C=O) groups excluding carboxylic acids is 1. The molecule has 0 unspecified atom stereocenters. The molecule has 5 rings (SSSR count). The summed E-state index contributed by atoms with van der Waals surface area (Å²) in [7, 11) is 1.59. The van der Waals surface area contributed by atoms with Crippen molar-refractivity contribution in [3.63, 3.8) is 0 Å². The smallest absolute Gasteiger partial charge is 0.290 e. The standard InChI is InChI=1S/C23H15N3O4S2/c1-29-15-8-9-17-20(11-15)32-23(25-17)26(22(28)19-7-4-10-31-19)24-12-14-13-30-18-6-3-2-5-16(18)21(14)27/h2-13H,1H3/b24-12+. The van der Waals surface area contributed by atoms with E-state index < -0.39 is 0 Å². The van der Waals surface area contributed by atoms with Gasteiger partial charge in [-0.1, -0.05) is 29.5 Å². The monoisotopic (exact) mass is 461 g/mol. The normalized spacial score (nSPS) is 11.4. The summed E-state index contributed by atoms with van der Waals surface area (Å²) in [5.74, 6) is 0.355. The first-order chi connectivity index (χ1) is 15.6. The van der Waals surface area contributed by atoms with Gasteiger partial charge in [-0.05, 0) is 41.8 Å². The van der Waals surface area contributed by atoms with E-state index >= 15 is 0 Å². The van der Waals surface area contributed by atoms with Crippen LogP contribution in [0.3, 0.4) is 0 Å². The topological polar surface area (TPSA) is 85.0 Å². The average molecular weight is 462 g/mol. The zero-order valence-electron chi connectivity index (χ0n) is 16.7. The molecule has 5 aromatic rings. The number of hydrogen-bond acceptors (Lipinski definition) is 8. The molecule has 3 aromatic heterocycles. The highest BCUT2D eigenvalue weighted by molar-refractivity contribution is 7.22. The Labute approximate surface area is 189 Å². The van der Waals surface area contributed by atoms with Crippen LogP contribution < -0.4 is 15.2 Å². The molecule has 2 aromatic carbocycles. The number of methoxy groups -OCH3 is 1. The maximum atomic E-state index is 13.2. The van der Waals surface area contributed by atoms with Crippen LogP contribution in [-0.2, 0) is 0 Å². The molecule has 3 heterocycles. The largest absolute Gasteiger partial charge is 0.497 e. The number of aromatic nitrogens is 1. The zero-order chi connectivity index (χ0) is 22.1. The number of hydrogen-bond donors (Lipinski definition) is 0. The van der Waals surface area contributed by atoms with Crippen LogP contribution >= 0.6 is 22.7 Å². The first-order valence-corrected chi connectivity index (χ1v) is 11.2. The van der Waals surface area contributed by atoms with Gasteiger partial charge < -0.3 is 9.15 Å². The Bertz CT molecular complexity index is 1520. The van der Waals surface area contributed by atoms with E-state index in [2.05, 4.69) is 10.1 Å². The summed E-state index contributed by atoms with van der Waals surface area (Å²) in [6.07, 6.45) is 2.67. The first kappa shape index (κ1) is 20.1. The quantitative estimate of drug-likeness (QED) is 0.267. The summed E-state index contributed by atoms with van der Waals surface area (Å²) >= 11 is 2.61. The highest BCUT2D eigenvalue weighted by Gasteiger charge is 2.22. The summed E-state index contributed by atoms with van der Waals surface area (Å²) in [5, 5.41) is 8.20. The highest BCUT2D eigenvalue weighted by Crippen LogP contribution is 2.32. The van der Waals surface area contributed by atoms with Crippen molar-refractivity contribution in [2.75, 3.05) is 12.1 Å². The van der Waals surface area contributed by atoms with E-state index in [0.29, 0.717) is 26.7 Å². The van der Waals surface area contributed by atoms with Crippen molar-refractivity contribution in [3.8, 4) is 5.75 Å². The van der Waals surface area contributed by atoms with Gasteiger partial charge in [0, 0.05) is 0 Å². The molecule has 158 valence electrons. The predicted octanol–water partition coefficient (Wildman–Crippen LogP) is 5.15. The van der Waals surface area contributed by atoms with E-state index in [4.69, 9.17) is 9.15 Å². The molecule has 7 nitrogen and oxygen atoms in total. The Morgan fingerprint density at radius 2 is 2.06 bits per heavy atom. The third kappa shape index (κ3) is 3.68. The summed E-state index contributed by atoms with van der Waals surface area (Å²) in [6.45, 7) is 0. The summed E-state index contributed by atoms with van der Waals surface area (Å²) in [5.41, 5.74) is 1.21. The van der Waals surface area contributed by atoms with Gasteiger partial charge in [0.15, 0.2) is 0 Å². The summed E-state index contributed by atoms with van der Waals surface area (Å²) < 4.78 is 11.7. The summed E-state index contributed by atoms with van der Waals surface area (Å²) in [4.78, 5) is 31.1. The van der Waals surface area contributed by atoms with Crippen LogP contribution in [0.2, 0.25) is 0 Å². The molecule has 1 amide bonds. The molecular formula is C23H15N3O4S2. The van der Waals surface area contributed by atoms with E-state index in [1.807, 2.05) is 17.5 Å². The third-order valence-electron chi connectivity index (χ3n) is 4.71. The number of rotatable bonds is 5. The van der Waals surface area contributed by atoms with Crippen LogP contribution in [0.4, 0.5) is 5.13 Å². The zero-order valence-corrected chi connectivity index (χ0v) is 18.4. The van der Waals surface area contributed by atoms with Crippen LogP contribution in [0.25, 0.3) is 21.2 Å². The van der Waals surface area contributed by atoms with Crippen LogP contribution in [0.1, 0.15) is 15.2 Å². The molecule has 9 heteroatoms. The fourth-order valence-corrected chi connectivity index (χ4v) is 4.70. The van der Waals surface area contributed by atoms with Crippen LogP contribution in [0.5, 0.6) is 5.75 Å². The fourth-order valence-electron chi connectivity index (χ4n) is 3.11. The summed E-state index contributed by atoms with van der Waals surface area (Å²) in [6, 6.07) is 16.0. The minimum atomic E-state index is -0.340. The molecule has 0 radical (unpaired) electrons. The number of amides is 1. The van der Waals surface area contributed by atoms with Gasteiger partial charge in [0.1, 0.15) is 17.6 Å². The van der Waals surface area contributed by atoms with Gasteiger partial charge in [0.2, 0.25) is 10.6 Å². The highest BCUT2D eigenvalue weighted by atomic mass is 32.1. The van der Waals surface area contributed by atoms with Crippen molar-refractivity contribution in [2.24, 2.45) is 5.10 Å². The number of ether oxygens (including phenoxy) is 1. The Kier molecular flexibility index (Phi) is 5.26. The minimum Gasteiger partial charge on any atom is -0.497 e. The third-order valence-corrected chi connectivity index (χ3v) is 6.56. The van der Waals surface area contributed by atoms with Crippen molar-refractivity contribution >= 4 is 61.1 Å². The molecule has 0 aliphatic carbocycles. The van der Waals surface area contributed by atoms with Crippen molar-refractivity contribution in [1.29, 1.82) is 0 Å². The maximum Gasteiger partial charge on any atom is 0.290 e. The molecule has 0 bridgehead atoms. The number of para-hydroxylation sites is 1. The lowest BCUT2D eigenvalue weighted by atomic mass is 10.2. The van der Waals surface area contributed by atoms with E-state index in [1.165, 1.54) is 40.2 Å². The average Bonchev–Trinajstić information content (AvgIpc) is 3.50. The number of thiazole rings is 1. The molecular weight excluding hydrogens is 446 g/mol. The minimum absolute atomic E-state index is 0.229. The molecule has 0 fully saturated rings. The lowest BCUT2D eigenvalue weighted by molar-refractivity contribution is 0.0991. The van der Waals surface area contributed by atoms with Gasteiger partial charge in [-0.2, -0.15) is 10.1 Å². The first-order valence-electron chi connectivity index (χ1n) is 9.51. The van der Waals surface area contributed by atoms with Crippen LogP contribution in [-0.4, -0.2) is 24.2 Å². The maximum absolute atomic E-state index is 13.2. The molecule has 0 aliphatic heterocycles. The van der Waals surface area contributed by atoms with Crippen LogP contribution in [0, 0.1) is 0 Å². The predicted molar refractivity (Wildman–Crippen MR) is 127 cm³/mol. The number of nitrogens with zero attached hydrogens (tertiary/aromatic N) is 3. The molecule has 0 saturated carbocycles. The number of benzene rings is 2. The van der Waals surface area contributed by atoms with Crippen molar-refractivity contribution in [1.82, 2.24) is 4.98 Å². The van der Waals surface area contributed by atoms with Gasteiger partial charge in [0.05, 0.1) is 39.4 Å². The van der Waals surface area contributed by atoms with Crippen molar-refractivity contribution < 1.29 is 13.9 Å². The van der Waals surface area contributed by atoms with Crippen LogP contribution in [0.15, 0.2) is 80.6 Å². The van der Waals surface area contributed by atoms with E-state index in [-0.39, 0.29) is 16.9 Å². The second-order valence-corrected chi connectivity index (χ2v) is 8.64. The number of thiophene rings is 1. The van der Waals surface area contributed by atoms with Crippen molar-refractivity contribution in [3.05, 3.63) is 86.9 Å². The molecule has 32 heavy (non-hydrogen) atoms. The Balaban J connectivity index is 1.59. The van der Waals surface area contributed by atoms with Gasteiger partial charge in [-0.25, -0.2) is 4.98 Å². The molecule has 0 saturated heterocycles. The molecule has 0 N–H and O–H groups in total. The van der Waals surface area contributed by atoms with Gasteiger partial charge in [0.25, 0.3) is 5.91 Å². The molecule has 0 atom stereocenters. The van der Waals surface area contributed by atoms with Gasteiger partial charge in [-0.15, -0.1) is 11.3 Å². The fraction of sp³-hybridized carbons (Fsp3) is 0.0435. The number of anilines is 1. The second kappa shape index (κ2) is 8.37. The number of fused-ring (bicyclic) bond motifs is 2. The molecule has 0 aliphatic rings. The Hall–Kier alpha value is -3.82. The molecule has 0 spiro atoms. The van der Waals surface area contributed by atoms with Crippen molar-refractivity contribution in [2.45, 2.75) is 0 Å². The van der Waals surface area contributed by atoms with E-state index in [0.717, 1.165) is 10.2 Å².